The van der Waals surface area contributed by atoms with Crippen molar-refractivity contribution in [2.24, 2.45) is 5.73 Å². The number of nitrogens with one attached hydrogen (secondary N) is 1. The molecule has 0 fully saturated rings. The third-order valence-corrected chi connectivity index (χ3v) is 2.54. The molecule has 0 saturated carbocycles. The van der Waals surface area contributed by atoms with Gasteiger partial charge in [-0.2, -0.15) is 0 Å². The molecule has 3 N–H and O–H groups in total. The van der Waals surface area contributed by atoms with Crippen LogP contribution in [0, 0.1) is 5.82 Å². The minimum atomic E-state index is -0.481. The highest BCUT2D eigenvalue weighted by atomic mass is 19.1. The lowest BCUT2D eigenvalue weighted by Crippen LogP contribution is -2.26. The van der Waals surface area contributed by atoms with E-state index in [-0.39, 0.29) is 17.7 Å². The second kappa shape index (κ2) is 6.96. The first kappa shape index (κ1) is 14.4. The maximum absolute atomic E-state index is 13.2. The maximum atomic E-state index is 13.2. The normalized spacial score (nSPS) is 12.0. The fourth-order valence-electron chi connectivity index (χ4n) is 1.53. The third kappa shape index (κ3) is 4.33. The second-order valence-corrected chi connectivity index (χ2v) is 4.22. The summed E-state index contributed by atoms with van der Waals surface area (Å²) in [5.41, 5.74) is 5.99. The van der Waals surface area contributed by atoms with Gasteiger partial charge in [0.15, 0.2) is 11.6 Å². The number of hydrogen-bond acceptors (Lipinski definition) is 3. The molecule has 1 amide bonds. The summed E-state index contributed by atoms with van der Waals surface area (Å²) in [6, 6.07) is 4.16. The van der Waals surface area contributed by atoms with Crippen LogP contribution in [0.1, 0.15) is 30.1 Å². The molecular weight excluding hydrogens is 235 g/mol. The lowest BCUT2D eigenvalue weighted by molar-refractivity contribution is 0.0952. The molecule has 1 atom stereocenters. The summed E-state index contributed by atoms with van der Waals surface area (Å²) < 4.78 is 18.0. The highest BCUT2D eigenvalue weighted by Crippen LogP contribution is 2.17. The van der Waals surface area contributed by atoms with Gasteiger partial charge in [0.25, 0.3) is 5.91 Å². The van der Waals surface area contributed by atoms with Crippen molar-refractivity contribution in [1.29, 1.82) is 0 Å². The standard InChI is InChI=1S/C13H19FN2O2/c1-9(15)4-3-7-16-13(17)10-5-6-11(14)12(8-10)18-2/h5-6,8-9H,3-4,7,15H2,1-2H3,(H,16,17). The maximum Gasteiger partial charge on any atom is 0.251 e. The number of ether oxygens (including phenoxy) is 1. The van der Waals surface area contributed by atoms with E-state index in [0.717, 1.165) is 12.8 Å². The number of carbonyl (C=O) groups is 1. The molecule has 0 saturated heterocycles. The smallest absolute Gasteiger partial charge is 0.251 e. The van der Waals surface area contributed by atoms with Crippen LogP contribution in [0.15, 0.2) is 18.2 Å². The molecule has 5 heteroatoms. The van der Waals surface area contributed by atoms with Gasteiger partial charge in [0.05, 0.1) is 7.11 Å². The molecule has 0 aliphatic rings. The summed E-state index contributed by atoms with van der Waals surface area (Å²) in [7, 11) is 1.36. The quantitative estimate of drug-likeness (QED) is 0.759. The number of methoxy groups -OCH3 is 1. The van der Waals surface area contributed by atoms with Gasteiger partial charge in [0, 0.05) is 18.2 Å². The molecule has 0 radical (unpaired) electrons. The first-order valence-corrected chi connectivity index (χ1v) is 5.92. The van der Waals surface area contributed by atoms with E-state index in [1.807, 2.05) is 6.92 Å². The summed E-state index contributed by atoms with van der Waals surface area (Å²) in [5.74, 6) is -0.651. The van der Waals surface area contributed by atoms with Crippen LogP contribution >= 0.6 is 0 Å². The van der Waals surface area contributed by atoms with E-state index in [2.05, 4.69) is 5.32 Å². The molecule has 1 unspecified atom stereocenters. The number of rotatable bonds is 6. The van der Waals surface area contributed by atoms with E-state index >= 15 is 0 Å². The van der Waals surface area contributed by atoms with E-state index < -0.39 is 5.82 Å². The Morgan fingerprint density at radius 1 is 1.56 bits per heavy atom. The van der Waals surface area contributed by atoms with Crippen molar-refractivity contribution < 1.29 is 13.9 Å². The Balaban J connectivity index is 2.51. The van der Waals surface area contributed by atoms with Crippen LogP contribution in [0.3, 0.4) is 0 Å². The minimum Gasteiger partial charge on any atom is -0.494 e. The fraction of sp³-hybridized carbons (Fsp3) is 0.462. The Hall–Kier alpha value is -1.62. The summed E-state index contributed by atoms with van der Waals surface area (Å²) in [4.78, 5) is 11.7. The van der Waals surface area contributed by atoms with Gasteiger partial charge < -0.3 is 15.8 Å². The largest absolute Gasteiger partial charge is 0.494 e. The predicted octanol–water partition coefficient (Wildman–Crippen LogP) is 1.69. The van der Waals surface area contributed by atoms with Crippen molar-refractivity contribution in [3.8, 4) is 5.75 Å². The molecule has 4 nitrogen and oxygen atoms in total. The highest BCUT2D eigenvalue weighted by molar-refractivity contribution is 5.94. The molecule has 0 aliphatic heterocycles. The summed E-state index contributed by atoms with van der Waals surface area (Å²) in [6.07, 6.45) is 1.68. The average molecular weight is 254 g/mol. The van der Waals surface area contributed by atoms with Crippen LogP contribution in [-0.2, 0) is 0 Å². The summed E-state index contributed by atoms with van der Waals surface area (Å²) in [6.45, 7) is 2.48. The number of hydrogen-bond donors (Lipinski definition) is 2. The zero-order chi connectivity index (χ0) is 13.5. The van der Waals surface area contributed by atoms with Gasteiger partial charge >= 0.3 is 0 Å². The Bertz CT molecular complexity index is 408. The van der Waals surface area contributed by atoms with E-state index in [0.29, 0.717) is 12.1 Å². The minimum absolute atomic E-state index is 0.0678. The molecule has 18 heavy (non-hydrogen) atoms. The molecule has 100 valence electrons. The van der Waals surface area contributed by atoms with Gasteiger partial charge in [-0.05, 0) is 38.0 Å². The molecule has 1 aromatic carbocycles. The molecule has 0 aromatic heterocycles. The Morgan fingerprint density at radius 2 is 2.28 bits per heavy atom. The van der Waals surface area contributed by atoms with E-state index in [1.165, 1.54) is 25.3 Å². The number of nitrogens with two attached hydrogens (primary N) is 1. The van der Waals surface area contributed by atoms with Crippen LogP contribution in [0.2, 0.25) is 0 Å². The van der Waals surface area contributed by atoms with Gasteiger partial charge in [0.2, 0.25) is 0 Å². The van der Waals surface area contributed by atoms with E-state index in [4.69, 9.17) is 10.5 Å². The summed E-state index contributed by atoms with van der Waals surface area (Å²) >= 11 is 0. The van der Waals surface area contributed by atoms with Crippen molar-refractivity contribution in [3.05, 3.63) is 29.6 Å². The molecule has 0 heterocycles. The molecule has 0 spiro atoms. The SMILES string of the molecule is COc1cc(C(=O)NCCCC(C)N)ccc1F. The molecule has 0 bridgehead atoms. The van der Waals surface area contributed by atoms with Gasteiger partial charge in [-0.15, -0.1) is 0 Å². The Labute approximate surface area is 106 Å². The topological polar surface area (TPSA) is 64.3 Å². The number of benzene rings is 1. The average Bonchev–Trinajstić information content (AvgIpc) is 2.34. The van der Waals surface area contributed by atoms with Crippen molar-refractivity contribution in [3.63, 3.8) is 0 Å². The molecule has 1 rings (SSSR count). The third-order valence-electron chi connectivity index (χ3n) is 2.54. The van der Waals surface area contributed by atoms with Gasteiger partial charge in [-0.1, -0.05) is 0 Å². The van der Waals surface area contributed by atoms with E-state index in [1.54, 1.807) is 0 Å². The number of amides is 1. The van der Waals surface area contributed by atoms with Crippen LogP contribution in [-0.4, -0.2) is 25.6 Å². The van der Waals surface area contributed by atoms with Crippen LogP contribution in [0.4, 0.5) is 4.39 Å². The Morgan fingerprint density at radius 3 is 2.89 bits per heavy atom. The number of halogens is 1. The first-order valence-electron chi connectivity index (χ1n) is 5.92. The highest BCUT2D eigenvalue weighted by Gasteiger charge is 2.09. The van der Waals surface area contributed by atoms with Crippen LogP contribution < -0.4 is 15.8 Å². The van der Waals surface area contributed by atoms with Crippen molar-refractivity contribution in [1.82, 2.24) is 5.32 Å². The Kier molecular flexibility index (Phi) is 5.58. The van der Waals surface area contributed by atoms with Crippen molar-refractivity contribution in [2.75, 3.05) is 13.7 Å². The molecule has 1 aromatic rings. The molecule has 0 aliphatic carbocycles. The fourth-order valence-corrected chi connectivity index (χ4v) is 1.53. The van der Waals surface area contributed by atoms with Crippen molar-refractivity contribution in [2.45, 2.75) is 25.8 Å². The zero-order valence-electron chi connectivity index (χ0n) is 10.7. The van der Waals surface area contributed by atoms with Gasteiger partial charge in [0.1, 0.15) is 0 Å². The van der Waals surface area contributed by atoms with Gasteiger partial charge in [-0.3, -0.25) is 4.79 Å². The second-order valence-electron chi connectivity index (χ2n) is 4.22. The van der Waals surface area contributed by atoms with E-state index in [9.17, 15) is 9.18 Å². The monoisotopic (exact) mass is 254 g/mol. The van der Waals surface area contributed by atoms with Crippen LogP contribution in [0.5, 0.6) is 5.75 Å². The van der Waals surface area contributed by atoms with Gasteiger partial charge in [-0.25, -0.2) is 4.39 Å². The first-order chi connectivity index (χ1) is 8.54. The lowest BCUT2D eigenvalue weighted by Gasteiger charge is -2.08. The molecular formula is C13H19FN2O2. The lowest BCUT2D eigenvalue weighted by atomic mass is 10.1. The number of carbonyl (C=O) groups excluding carboxylic acids is 1. The summed E-state index contributed by atoms with van der Waals surface area (Å²) in [5, 5.41) is 2.75. The van der Waals surface area contributed by atoms with Crippen LogP contribution in [0.25, 0.3) is 0 Å². The predicted molar refractivity (Wildman–Crippen MR) is 68.2 cm³/mol. The zero-order valence-corrected chi connectivity index (χ0v) is 10.7. The van der Waals surface area contributed by atoms with Crippen molar-refractivity contribution >= 4 is 5.91 Å².